The Morgan fingerprint density at radius 3 is 2.62 bits per heavy atom. The van der Waals surface area contributed by atoms with E-state index in [-0.39, 0.29) is 11.8 Å². The van der Waals surface area contributed by atoms with Gasteiger partial charge in [0.1, 0.15) is 0 Å². The van der Waals surface area contributed by atoms with Gasteiger partial charge in [-0.1, -0.05) is 6.92 Å². The van der Waals surface area contributed by atoms with Crippen LogP contribution in [0.15, 0.2) is 0 Å². The van der Waals surface area contributed by atoms with Gasteiger partial charge in [-0.3, -0.25) is 0 Å². The smallest absolute Gasteiger partial charge is 0.214 e. The van der Waals surface area contributed by atoms with E-state index in [1.807, 2.05) is 6.92 Å². The largest absolute Gasteiger partial charge is 0.385 e. The molecule has 1 heterocycles. The number of rotatable bonds is 8. The van der Waals surface area contributed by atoms with Crippen molar-refractivity contribution in [2.45, 2.75) is 38.6 Å². The van der Waals surface area contributed by atoms with Crippen molar-refractivity contribution < 1.29 is 13.2 Å². The molecule has 0 saturated carbocycles. The fourth-order valence-electron chi connectivity index (χ4n) is 2.32. The Labute approximate surface area is 133 Å². The van der Waals surface area contributed by atoms with Gasteiger partial charge in [-0.05, 0) is 37.9 Å². The number of hydrogen-bond acceptors (Lipinski definition) is 4. The summed E-state index contributed by atoms with van der Waals surface area (Å²) in [5.41, 5.74) is 0. The molecule has 0 amide bonds. The summed E-state index contributed by atoms with van der Waals surface area (Å²) in [7, 11) is -1.39. The van der Waals surface area contributed by atoms with Gasteiger partial charge in [0.2, 0.25) is 10.0 Å². The van der Waals surface area contributed by atoms with Crippen LogP contribution in [0.25, 0.3) is 0 Å². The number of hydrogen-bond donors (Lipinski definition) is 2. The lowest BCUT2D eigenvalue weighted by molar-refractivity contribution is 0.195. The van der Waals surface area contributed by atoms with Gasteiger partial charge in [0.15, 0.2) is 5.11 Å². The molecule has 0 aromatic rings. The third-order valence-electron chi connectivity index (χ3n) is 3.46. The van der Waals surface area contributed by atoms with E-state index in [0.29, 0.717) is 31.2 Å². The molecule has 0 aromatic heterocycles. The van der Waals surface area contributed by atoms with Crippen LogP contribution >= 0.6 is 12.2 Å². The number of nitrogens with zero attached hydrogens (tertiary/aromatic N) is 1. The number of thiocarbonyl (C=S) groups is 1. The fourth-order valence-corrected chi connectivity index (χ4v) is 4.13. The summed E-state index contributed by atoms with van der Waals surface area (Å²) < 4.78 is 30.5. The topological polar surface area (TPSA) is 70.7 Å². The van der Waals surface area contributed by atoms with E-state index in [0.717, 1.165) is 25.8 Å². The summed E-state index contributed by atoms with van der Waals surface area (Å²) in [4.78, 5) is 0. The Balaban J connectivity index is 2.25. The second kappa shape index (κ2) is 9.55. The standard InChI is InChI=1S/C13H27N3O3S2/c1-3-11-21(17,18)16-8-5-12(6-9-16)15-13(20)14-7-4-10-19-2/h12H,3-11H2,1-2H3,(H2,14,15,20). The molecule has 0 radical (unpaired) electrons. The maximum atomic E-state index is 12.0. The highest BCUT2D eigenvalue weighted by atomic mass is 32.2. The van der Waals surface area contributed by atoms with E-state index >= 15 is 0 Å². The van der Waals surface area contributed by atoms with Crippen molar-refractivity contribution in [2.75, 3.05) is 39.1 Å². The predicted octanol–water partition coefficient (Wildman–Crippen LogP) is 0.691. The van der Waals surface area contributed by atoms with Crippen molar-refractivity contribution in [2.24, 2.45) is 0 Å². The van der Waals surface area contributed by atoms with Crippen LogP contribution in [0, 0.1) is 0 Å². The third-order valence-corrected chi connectivity index (χ3v) is 5.79. The molecule has 0 bridgehead atoms. The van der Waals surface area contributed by atoms with Crippen molar-refractivity contribution in [1.29, 1.82) is 0 Å². The first-order valence-electron chi connectivity index (χ1n) is 7.50. The predicted molar refractivity (Wildman–Crippen MR) is 88.9 cm³/mol. The molecule has 0 unspecified atom stereocenters. The molecule has 124 valence electrons. The Bertz CT molecular complexity index is 407. The molecule has 0 atom stereocenters. The first-order chi connectivity index (χ1) is 9.99. The van der Waals surface area contributed by atoms with Gasteiger partial charge in [0, 0.05) is 39.4 Å². The number of nitrogens with one attached hydrogen (secondary N) is 2. The maximum Gasteiger partial charge on any atom is 0.214 e. The second-order valence-corrected chi connectivity index (χ2v) is 7.73. The van der Waals surface area contributed by atoms with E-state index < -0.39 is 10.0 Å². The van der Waals surface area contributed by atoms with Gasteiger partial charge < -0.3 is 15.4 Å². The highest BCUT2D eigenvalue weighted by Crippen LogP contribution is 2.15. The van der Waals surface area contributed by atoms with Crippen LogP contribution in [0.4, 0.5) is 0 Å². The lowest BCUT2D eigenvalue weighted by atomic mass is 10.1. The molecule has 21 heavy (non-hydrogen) atoms. The van der Waals surface area contributed by atoms with Gasteiger partial charge in [-0.15, -0.1) is 0 Å². The zero-order valence-electron chi connectivity index (χ0n) is 12.9. The first kappa shape index (κ1) is 18.6. The van der Waals surface area contributed by atoms with Crippen LogP contribution < -0.4 is 10.6 Å². The SMILES string of the molecule is CCCS(=O)(=O)N1CCC(NC(=S)NCCCOC)CC1. The van der Waals surface area contributed by atoms with Crippen molar-refractivity contribution in [3.8, 4) is 0 Å². The van der Waals surface area contributed by atoms with Gasteiger partial charge in [-0.25, -0.2) is 12.7 Å². The lowest BCUT2D eigenvalue weighted by Gasteiger charge is -2.32. The fraction of sp³-hybridized carbons (Fsp3) is 0.923. The minimum absolute atomic E-state index is 0.241. The average molecular weight is 338 g/mol. The molecule has 0 aliphatic carbocycles. The summed E-state index contributed by atoms with van der Waals surface area (Å²) >= 11 is 5.23. The van der Waals surface area contributed by atoms with Crippen molar-refractivity contribution in [1.82, 2.24) is 14.9 Å². The molecule has 0 spiro atoms. The molecular weight excluding hydrogens is 310 g/mol. The zero-order chi connectivity index (χ0) is 15.7. The Kier molecular flexibility index (Phi) is 8.46. The second-order valence-electron chi connectivity index (χ2n) is 5.24. The quantitative estimate of drug-likeness (QED) is 0.502. The molecule has 8 heteroatoms. The van der Waals surface area contributed by atoms with Gasteiger partial charge in [0.25, 0.3) is 0 Å². The van der Waals surface area contributed by atoms with Crippen LogP contribution in [0.5, 0.6) is 0 Å². The lowest BCUT2D eigenvalue weighted by Crippen LogP contribution is -2.49. The molecular formula is C13H27N3O3S2. The van der Waals surface area contributed by atoms with Crippen LogP contribution in [0.1, 0.15) is 32.6 Å². The summed E-state index contributed by atoms with van der Waals surface area (Å²) in [5.74, 6) is 0.241. The van der Waals surface area contributed by atoms with E-state index in [1.165, 1.54) is 0 Å². The Morgan fingerprint density at radius 1 is 1.38 bits per heavy atom. The molecule has 1 aliphatic heterocycles. The van der Waals surface area contributed by atoms with Crippen molar-refractivity contribution >= 4 is 27.4 Å². The summed E-state index contributed by atoms with van der Waals surface area (Å²) in [6, 6.07) is 0.250. The molecule has 1 aliphatic rings. The van der Waals surface area contributed by atoms with Gasteiger partial charge >= 0.3 is 0 Å². The minimum Gasteiger partial charge on any atom is -0.385 e. The highest BCUT2D eigenvalue weighted by molar-refractivity contribution is 7.89. The van der Waals surface area contributed by atoms with Gasteiger partial charge in [0.05, 0.1) is 5.75 Å². The first-order valence-corrected chi connectivity index (χ1v) is 9.52. The van der Waals surface area contributed by atoms with Crippen LogP contribution in [0.3, 0.4) is 0 Å². The molecule has 2 N–H and O–H groups in total. The van der Waals surface area contributed by atoms with Gasteiger partial charge in [-0.2, -0.15) is 0 Å². The van der Waals surface area contributed by atoms with E-state index in [4.69, 9.17) is 17.0 Å². The number of ether oxygens (including phenoxy) is 1. The van der Waals surface area contributed by atoms with E-state index in [9.17, 15) is 8.42 Å². The zero-order valence-corrected chi connectivity index (χ0v) is 14.6. The summed E-state index contributed by atoms with van der Waals surface area (Å²) in [6.07, 6.45) is 3.16. The van der Waals surface area contributed by atoms with E-state index in [2.05, 4.69) is 10.6 Å². The highest BCUT2D eigenvalue weighted by Gasteiger charge is 2.27. The molecule has 6 nitrogen and oxygen atoms in total. The monoisotopic (exact) mass is 337 g/mol. The minimum atomic E-state index is -3.06. The number of methoxy groups -OCH3 is 1. The molecule has 1 rings (SSSR count). The summed E-state index contributed by atoms with van der Waals surface area (Å²) in [6.45, 7) is 4.53. The third kappa shape index (κ3) is 6.90. The normalized spacial score (nSPS) is 17.6. The van der Waals surface area contributed by atoms with Crippen LogP contribution in [0.2, 0.25) is 0 Å². The molecule has 1 saturated heterocycles. The van der Waals surface area contributed by atoms with E-state index in [1.54, 1.807) is 11.4 Å². The molecule has 1 fully saturated rings. The summed E-state index contributed by atoms with van der Waals surface area (Å²) in [5, 5.41) is 7.03. The number of piperidine rings is 1. The molecule has 0 aromatic carbocycles. The Hall–Kier alpha value is -0.440. The Morgan fingerprint density at radius 2 is 2.05 bits per heavy atom. The number of sulfonamides is 1. The average Bonchev–Trinajstić information content (AvgIpc) is 2.44. The van der Waals surface area contributed by atoms with Crippen LogP contribution in [-0.4, -0.2) is 63.0 Å². The van der Waals surface area contributed by atoms with Crippen LogP contribution in [-0.2, 0) is 14.8 Å². The van der Waals surface area contributed by atoms with Crippen molar-refractivity contribution in [3.05, 3.63) is 0 Å². The maximum absolute atomic E-state index is 12.0. The van der Waals surface area contributed by atoms with Crippen molar-refractivity contribution in [3.63, 3.8) is 0 Å².